The molecule has 0 bridgehead atoms. The van der Waals surface area contributed by atoms with Crippen LogP contribution >= 0.6 is 0 Å². The van der Waals surface area contributed by atoms with Crippen LogP contribution < -0.4 is 10.5 Å². The maximum absolute atomic E-state index is 11.1. The van der Waals surface area contributed by atoms with Gasteiger partial charge in [-0.05, 0) is 6.04 Å². The van der Waals surface area contributed by atoms with Crippen molar-refractivity contribution in [3.63, 3.8) is 0 Å². The third kappa shape index (κ3) is 4.50. The first-order chi connectivity index (χ1) is 8.33. The van der Waals surface area contributed by atoms with E-state index in [4.69, 9.17) is 15.2 Å². The van der Waals surface area contributed by atoms with Crippen LogP contribution in [0, 0.1) is 0 Å². The first-order valence-electron chi connectivity index (χ1n) is 5.82. The fourth-order valence-corrected chi connectivity index (χ4v) is 2.08. The van der Waals surface area contributed by atoms with Gasteiger partial charge in [-0.2, -0.15) is 5.10 Å². The minimum Gasteiger partial charge on any atom is -0.493 e. The Morgan fingerprint density at radius 2 is 2.17 bits per heavy atom. The molecule has 1 amide bonds. The number of nitrogens with two attached hydrogens (primary N) is 1. The number of aromatic nitrogens is 2. The number of methoxy groups -OCH3 is 1. The maximum Gasteiger partial charge on any atom is 0.273 e. The third-order valence-electron chi connectivity index (χ3n) is 2.40. The van der Waals surface area contributed by atoms with Crippen molar-refractivity contribution in [1.29, 1.82) is 0 Å². The summed E-state index contributed by atoms with van der Waals surface area (Å²) in [6.45, 7) is 7.87. The van der Waals surface area contributed by atoms with Crippen LogP contribution in [0.4, 0.5) is 0 Å². The third-order valence-corrected chi connectivity index (χ3v) is 4.11. The summed E-state index contributed by atoms with van der Waals surface area (Å²) in [5, 5.41) is 4.02. The number of hydrogen-bond acceptors (Lipinski definition) is 4. The van der Waals surface area contributed by atoms with E-state index in [-0.39, 0.29) is 5.69 Å². The summed E-state index contributed by atoms with van der Waals surface area (Å²) in [6.07, 6.45) is 1.61. The Balaban J connectivity index is 2.51. The highest BCUT2D eigenvalue weighted by Crippen LogP contribution is 2.15. The van der Waals surface area contributed by atoms with Gasteiger partial charge in [0.2, 0.25) is 0 Å². The summed E-state index contributed by atoms with van der Waals surface area (Å²) < 4.78 is 12.0. The first kappa shape index (κ1) is 14.7. The van der Waals surface area contributed by atoms with Crippen molar-refractivity contribution in [2.24, 2.45) is 5.73 Å². The number of nitrogens with zero attached hydrogens (tertiary/aromatic N) is 2. The van der Waals surface area contributed by atoms with Gasteiger partial charge in [0.1, 0.15) is 6.73 Å². The van der Waals surface area contributed by atoms with Crippen LogP contribution in [0.5, 0.6) is 5.75 Å². The highest BCUT2D eigenvalue weighted by atomic mass is 28.3. The van der Waals surface area contributed by atoms with Crippen molar-refractivity contribution in [3.05, 3.63) is 11.9 Å². The highest BCUT2D eigenvalue weighted by molar-refractivity contribution is 6.76. The van der Waals surface area contributed by atoms with Crippen molar-refractivity contribution in [2.45, 2.75) is 32.4 Å². The van der Waals surface area contributed by atoms with Crippen molar-refractivity contribution < 1.29 is 14.3 Å². The maximum atomic E-state index is 11.1. The Kier molecular flexibility index (Phi) is 4.91. The van der Waals surface area contributed by atoms with Crippen LogP contribution in [-0.2, 0) is 11.5 Å². The molecular formula is C11H21N3O3Si. The topological polar surface area (TPSA) is 79.4 Å². The van der Waals surface area contributed by atoms with E-state index >= 15 is 0 Å². The van der Waals surface area contributed by atoms with Crippen LogP contribution in [0.2, 0.25) is 25.7 Å². The zero-order chi connectivity index (χ0) is 13.8. The molecule has 0 fully saturated rings. The van der Waals surface area contributed by atoms with E-state index in [2.05, 4.69) is 24.7 Å². The average molecular weight is 271 g/mol. The van der Waals surface area contributed by atoms with Gasteiger partial charge < -0.3 is 15.2 Å². The summed E-state index contributed by atoms with van der Waals surface area (Å²) in [6, 6.07) is 1.09. The van der Waals surface area contributed by atoms with Gasteiger partial charge in [-0.1, -0.05) is 19.6 Å². The van der Waals surface area contributed by atoms with Gasteiger partial charge in [0.15, 0.2) is 11.4 Å². The van der Waals surface area contributed by atoms with Crippen LogP contribution in [0.3, 0.4) is 0 Å². The largest absolute Gasteiger partial charge is 0.493 e. The lowest BCUT2D eigenvalue weighted by Gasteiger charge is -2.15. The van der Waals surface area contributed by atoms with Gasteiger partial charge in [-0.15, -0.1) is 0 Å². The normalized spacial score (nSPS) is 11.6. The molecule has 1 aromatic heterocycles. The second kappa shape index (κ2) is 6.01. The number of amides is 1. The molecule has 0 aromatic carbocycles. The summed E-state index contributed by atoms with van der Waals surface area (Å²) in [7, 11) is 0.393. The number of carbonyl (C=O) groups is 1. The van der Waals surface area contributed by atoms with Crippen LogP contribution in [0.25, 0.3) is 0 Å². The number of ether oxygens (including phenoxy) is 2. The van der Waals surface area contributed by atoms with Crippen molar-refractivity contribution in [3.8, 4) is 5.75 Å². The molecule has 0 radical (unpaired) electrons. The van der Waals surface area contributed by atoms with Crippen LogP contribution in [-0.4, -0.2) is 37.5 Å². The van der Waals surface area contributed by atoms with Crippen LogP contribution in [0.1, 0.15) is 10.5 Å². The molecule has 0 aliphatic carbocycles. The quantitative estimate of drug-likeness (QED) is 0.599. The number of hydrogen-bond donors (Lipinski definition) is 1. The predicted octanol–water partition coefficient (Wildman–Crippen LogP) is 1.30. The molecule has 0 spiro atoms. The number of carbonyl (C=O) groups excluding carboxylic acids is 1. The molecule has 1 heterocycles. The van der Waals surface area contributed by atoms with Gasteiger partial charge >= 0.3 is 0 Å². The molecule has 7 heteroatoms. The fourth-order valence-electron chi connectivity index (χ4n) is 1.33. The molecule has 102 valence electrons. The Labute approximate surface area is 108 Å². The van der Waals surface area contributed by atoms with E-state index in [0.717, 1.165) is 6.04 Å². The van der Waals surface area contributed by atoms with Crippen molar-refractivity contribution >= 4 is 14.0 Å². The second-order valence-corrected chi connectivity index (χ2v) is 10.9. The standard InChI is InChI=1S/C11H21N3O3Si/c1-16-9-7-14(13-10(9)11(12)15)8-17-5-6-18(2,3)4/h7H,5-6,8H2,1-4H3,(H2,12,15). The van der Waals surface area contributed by atoms with Gasteiger partial charge in [-0.25, -0.2) is 4.68 Å². The van der Waals surface area contributed by atoms with E-state index in [0.29, 0.717) is 19.1 Å². The van der Waals surface area contributed by atoms with Gasteiger partial charge in [0, 0.05) is 14.7 Å². The van der Waals surface area contributed by atoms with E-state index < -0.39 is 14.0 Å². The molecule has 6 nitrogen and oxygen atoms in total. The zero-order valence-electron chi connectivity index (χ0n) is 11.4. The van der Waals surface area contributed by atoms with Crippen molar-refractivity contribution in [2.75, 3.05) is 13.7 Å². The molecule has 1 rings (SSSR count). The molecule has 0 aliphatic heterocycles. The summed E-state index contributed by atoms with van der Waals surface area (Å²) >= 11 is 0. The smallest absolute Gasteiger partial charge is 0.273 e. The molecule has 0 saturated carbocycles. The monoisotopic (exact) mass is 271 g/mol. The summed E-state index contributed by atoms with van der Waals surface area (Å²) in [5.41, 5.74) is 5.32. The second-order valence-electron chi connectivity index (χ2n) is 5.30. The SMILES string of the molecule is COc1cn(COCC[Si](C)(C)C)nc1C(N)=O. The minimum atomic E-state index is -1.08. The van der Waals surface area contributed by atoms with E-state index in [1.807, 2.05) is 0 Å². The van der Waals surface area contributed by atoms with E-state index in [1.54, 1.807) is 6.20 Å². The minimum absolute atomic E-state index is 0.131. The molecule has 1 aromatic rings. The Morgan fingerprint density at radius 3 is 2.61 bits per heavy atom. The Morgan fingerprint density at radius 1 is 1.50 bits per heavy atom. The molecule has 2 N–H and O–H groups in total. The van der Waals surface area contributed by atoms with Crippen LogP contribution in [0.15, 0.2) is 6.20 Å². The van der Waals surface area contributed by atoms with Gasteiger partial charge in [-0.3, -0.25) is 4.79 Å². The lowest BCUT2D eigenvalue weighted by Crippen LogP contribution is -2.22. The predicted molar refractivity (Wildman–Crippen MR) is 71.4 cm³/mol. The molecule has 18 heavy (non-hydrogen) atoms. The lowest BCUT2D eigenvalue weighted by atomic mass is 10.4. The Bertz CT molecular complexity index is 412. The molecule has 0 aliphatic rings. The molecule has 0 saturated heterocycles. The van der Waals surface area contributed by atoms with Gasteiger partial charge in [0.25, 0.3) is 5.91 Å². The molecule has 0 atom stereocenters. The average Bonchev–Trinajstić information content (AvgIpc) is 2.66. The van der Waals surface area contributed by atoms with E-state index in [1.165, 1.54) is 11.8 Å². The Hall–Kier alpha value is -1.34. The fraction of sp³-hybridized carbons (Fsp3) is 0.636. The number of primary amides is 1. The van der Waals surface area contributed by atoms with E-state index in [9.17, 15) is 4.79 Å². The first-order valence-corrected chi connectivity index (χ1v) is 9.53. The van der Waals surface area contributed by atoms with Gasteiger partial charge in [0.05, 0.1) is 13.3 Å². The number of rotatable bonds is 7. The summed E-state index contributed by atoms with van der Waals surface area (Å²) in [5.74, 6) is -0.232. The lowest BCUT2D eigenvalue weighted by molar-refractivity contribution is 0.0777. The van der Waals surface area contributed by atoms with Crippen molar-refractivity contribution in [1.82, 2.24) is 9.78 Å². The zero-order valence-corrected chi connectivity index (χ0v) is 12.4. The molecular weight excluding hydrogens is 250 g/mol. The molecule has 0 unspecified atom stereocenters. The summed E-state index contributed by atoms with van der Waals surface area (Å²) in [4.78, 5) is 11.1. The highest BCUT2D eigenvalue weighted by Gasteiger charge is 2.15.